The van der Waals surface area contributed by atoms with Gasteiger partial charge in [-0.2, -0.15) is 0 Å². The molecule has 0 fully saturated rings. The monoisotopic (exact) mass is 583 g/mol. The first-order chi connectivity index (χ1) is 20.5. The van der Waals surface area contributed by atoms with Crippen LogP contribution in [0, 0.1) is 5.82 Å². The summed E-state index contributed by atoms with van der Waals surface area (Å²) in [6.07, 6.45) is -0.263. The van der Waals surface area contributed by atoms with Crippen molar-refractivity contribution in [1.29, 1.82) is 0 Å². The Kier molecular flexibility index (Phi) is 7.88. The van der Waals surface area contributed by atoms with E-state index in [2.05, 4.69) is 12.1 Å². The second kappa shape index (κ2) is 11.9. The zero-order valence-electron chi connectivity index (χ0n) is 23.1. The Hall–Kier alpha value is -4.31. The minimum atomic E-state index is -0.905. The number of pyridine rings is 1. The van der Waals surface area contributed by atoms with E-state index in [1.54, 1.807) is 24.5 Å². The summed E-state index contributed by atoms with van der Waals surface area (Å²) in [6.45, 7) is 1.86. The predicted octanol–water partition coefficient (Wildman–Crippen LogP) is 6.96. The van der Waals surface area contributed by atoms with Crippen molar-refractivity contribution in [3.8, 4) is 39.4 Å². The van der Waals surface area contributed by atoms with Crippen LogP contribution in [0.15, 0.2) is 72.1 Å². The molecule has 3 heterocycles. The number of hydrogen-bond donors (Lipinski definition) is 2. The molecule has 214 valence electrons. The number of nitrogens with two attached hydrogens (primary N) is 1. The molecule has 42 heavy (non-hydrogen) atoms. The zero-order valence-corrected chi connectivity index (χ0v) is 23.9. The first kappa shape index (κ1) is 27.8. The number of aromatic nitrogens is 1. The van der Waals surface area contributed by atoms with Crippen LogP contribution in [0.5, 0.6) is 5.75 Å². The Morgan fingerprint density at radius 3 is 2.71 bits per heavy atom. The first-order valence-corrected chi connectivity index (χ1v) is 14.6. The van der Waals surface area contributed by atoms with Gasteiger partial charge in [-0.05, 0) is 58.8 Å². The maximum absolute atomic E-state index is 14.5. The average Bonchev–Trinajstić information content (AvgIpc) is 3.50. The van der Waals surface area contributed by atoms with E-state index in [0.29, 0.717) is 38.4 Å². The molecule has 9 heteroatoms. The topological polar surface area (TPSA) is 97.9 Å². The lowest BCUT2D eigenvalue weighted by atomic mass is 9.92. The molecule has 1 aliphatic heterocycles. The minimum Gasteiger partial charge on any atom is -0.490 e. The van der Waals surface area contributed by atoms with Gasteiger partial charge < -0.3 is 25.2 Å². The Morgan fingerprint density at radius 2 is 1.90 bits per heavy atom. The van der Waals surface area contributed by atoms with E-state index in [4.69, 9.17) is 20.2 Å². The SMILES string of the molecule is COCCOc1cc(F)ccc1-c1c(-c2cccc(CN)c2)nc(-c2ccc3c(c2)CCN(C(=O)O)C3)c2ccsc12. The van der Waals surface area contributed by atoms with Crippen molar-refractivity contribution < 1.29 is 23.8 Å². The van der Waals surface area contributed by atoms with Gasteiger partial charge in [-0.25, -0.2) is 14.2 Å². The van der Waals surface area contributed by atoms with Gasteiger partial charge in [0.05, 0.1) is 18.0 Å². The number of nitrogens with zero attached hydrogens (tertiary/aromatic N) is 2. The number of ether oxygens (including phenoxy) is 2. The maximum Gasteiger partial charge on any atom is 0.407 e. The van der Waals surface area contributed by atoms with Crippen LogP contribution in [0.3, 0.4) is 0 Å². The van der Waals surface area contributed by atoms with Gasteiger partial charge >= 0.3 is 6.09 Å². The summed E-state index contributed by atoms with van der Waals surface area (Å²) < 4.78 is 26.7. The number of methoxy groups -OCH3 is 1. The summed E-state index contributed by atoms with van der Waals surface area (Å²) >= 11 is 1.60. The third kappa shape index (κ3) is 5.34. The van der Waals surface area contributed by atoms with Crippen LogP contribution in [-0.4, -0.2) is 48.0 Å². The van der Waals surface area contributed by atoms with Crippen molar-refractivity contribution in [1.82, 2.24) is 9.88 Å². The highest BCUT2D eigenvalue weighted by Crippen LogP contribution is 2.46. The molecule has 1 aliphatic rings. The molecular weight excluding hydrogens is 553 g/mol. The van der Waals surface area contributed by atoms with Crippen molar-refractivity contribution >= 4 is 27.5 Å². The maximum atomic E-state index is 14.5. The zero-order chi connectivity index (χ0) is 29.2. The molecule has 0 saturated heterocycles. The summed E-state index contributed by atoms with van der Waals surface area (Å²) in [4.78, 5) is 18.3. The van der Waals surface area contributed by atoms with Gasteiger partial charge in [0.1, 0.15) is 18.2 Å². The highest BCUT2D eigenvalue weighted by Gasteiger charge is 2.24. The highest BCUT2D eigenvalue weighted by atomic mass is 32.1. The largest absolute Gasteiger partial charge is 0.490 e. The lowest BCUT2D eigenvalue weighted by molar-refractivity contribution is 0.140. The average molecular weight is 584 g/mol. The Bertz CT molecular complexity index is 1790. The summed E-state index contributed by atoms with van der Waals surface area (Å²) in [5.74, 6) is 0.0321. The van der Waals surface area contributed by atoms with Crippen molar-refractivity contribution in [2.45, 2.75) is 19.5 Å². The van der Waals surface area contributed by atoms with E-state index < -0.39 is 6.09 Å². The number of carboxylic acid groups (broad SMARTS) is 1. The van der Waals surface area contributed by atoms with Gasteiger partial charge in [-0.3, -0.25) is 0 Å². The van der Waals surface area contributed by atoms with Crippen LogP contribution in [-0.2, 0) is 24.2 Å². The van der Waals surface area contributed by atoms with Crippen LogP contribution < -0.4 is 10.5 Å². The van der Waals surface area contributed by atoms with E-state index >= 15 is 0 Å². The fourth-order valence-corrected chi connectivity index (χ4v) is 6.43. The highest BCUT2D eigenvalue weighted by molar-refractivity contribution is 7.18. The van der Waals surface area contributed by atoms with Crippen molar-refractivity contribution in [3.63, 3.8) is 0 Å². The number of halogens is 1. The fraction of sp³-hybridized carbons (Fsp3) is 0.212. The van der Waals surface area contributed by atoms with Gasteiger partial charge in [0.15, 0.2) is 0 Å². The number of hydrogen-bond acceptors (Lipinski definition) is 6. The molecule has 0 spiro atoms. The third-order valence-corrected chi connectivity index (χ3v) is 8.50. The molecule has 6 rings (SSSR count). The molecule has 0 bridgehead atoms. The van der Waals surface area contributed by atoms with Gasteiger partial charge in [-0.1, -0.05) is 30.3 Å². The molecule has 3 N–H and O–H groups in total. The predicted molar refractivity (Wildman–Crippen MR) is 163 cm³/mol. The standard InChI is InChI=1S/C33H30FN3O4S/c1-40-12-13-41-28-17-25(34)7-8-26(28)29-31(22-4-2-3-20(15-22)18-35)36-30(27-10-14-42-32(27)29)23-5-6-24-19-37(33(38)39)11-9-21(24)16-23/h2-8,10,14-17H,9,11-13,18-19,35H2,1H3,(H,38,39). The number of fused-ring (bicyclic) bond motifs is 2. The summed E-state index contributed by atoms with van der Waals surface area (Å²) in [5.41, 5.74) is 14.1. The van der Waals surface area contributed by atoms with Gasteiger partial charge in [0.25, 0.3) is 0 Å². The van der Waals surface area contributed by atoms with Gasteiger partial charge in [0, 0.05) is 65.2 Å². The summed E-state index contributed by atoms with van der Waals surface area (Å²) in [5, 5.41) is 12.5. The number of thiophene rings is 1. The summed E-state index contributed by atoms with van der Waals surface area (Å²) in [7, 11) is 1.60. The van der Waals surface area contributed by atoms with Crippen molar-refractivity contribution in [2.24, 2.45) is 5.73 Å². The molecule has 7 nitrogen and oxygen atoms in total. The molecule has 5 aromatic rings. The van der Waals surface area contributed by atoms with Crippen molar-refractivity contribution in [2.75, 3.05) is 26.9 Å². The lowest BCUT2D eigenvalue weighted by Gasteiger charge is -2.26. The molecule has 0 atom stereocenters. The van der Waals surface area contributed by atoms with Crippen LogP contribution in [0.25, 0.3) is 43.7 Å². The molecule has 1 amide bonds. The molecular formula is C33H30FN3O4S. The number of amides is 1. The van der Waals surface area contributed by atoms with E-state index in [0.717, 1.165) is 60.4 Å². The Morgan fingerprint density at radius 1 is 1.05 bits per heavy atom. The normalized spacial score (nSPS) is 12.9. The van der Waals surface area contributed by atoms with Crippen LogP contribution >= 0.6 is 11.3 Å². The number of rotatable bonds is 8. The van der Waals surface area contributed by atoms with Crippen LogP contribution in [0.1, 0.15) is 16.7 Å². The summed E-state index contributed by atoms with van der Waals surface area (Å²) in [6, 6.07) is 20.8. The van der Waals surface area contributed by atoms with Gasteiger partial charge in [0.2, 0.25) is 0 Å². The molecule has 0 unspecified atom stereocenters. The Labute approximate surface area is 247 Å². The molecule has 0 radical (unpaired) electrons. The molecule has 0 saturated carbocycles. The van der Waals surface area contributed by atoms with Gasteiger partial charge in [-0.15, -0.1) is 11.3 Å². The van der Waals surface area contributed by atoms with E-state index in [1.165, 1.54) is 17.0 Å². The van der Waals surface area contributed by atoms with E-state index in [1.807, 2.05) is 41.8 Å². The molecule has 0 aliphatic carbocycles. The van der Waals surface area contributed by atoms with E-state index in [-0.39, 0.29) is 12.4 Å². The number of benzene rings is 3. The molecule has 2 aromatic heterocycles. The quantitative estimate of drug-likeness (QED) is 0.192. The second-order valence-corrected chi connectivity index (χ2v) is 11.1. The lowest BCUT2D eigenvalue weighted by Crippen LogP contribution is -2.34. The third-order valence-electron chi connectivity index (χ3n) is 7.56. The first-order valence-electron chi connectivity index (χ1n) is 13.7. The van der Waals surface area contributed by atoms with Crippen LogP contribution in [0.2, 0.25) is 0 Å². The van der Waals surface area contributed by atoms with Crippen LogP contribution in [0.4, 0.5) is 9.18 Å². The van der Waals surface area contributed by atoms with Crippen molar-refractivity contribution in [3.05, 3.63) is 94.6 Å². The van der Waals surface area contributed by atoms with E-state index in [9.17, 15) is 14.3 Å². The number of carbonyl (C=O) groups is 1. The molecule has 3 aromatic carbocycles. The Balaban J connectivity index is 1.57. The fourth-order valence-electron chi connectivity index (χ4n) is 5.47. The second-order valence-electron chi connectivity index (χ2n) is 10.2. The smallest absolute Gasteiger partial charge is 0.407 e. The minimum absolute atomic E-state index is 0.276.